The highest BCUT2D eigenvalue weighted by atomic mass is 16.5. The average molecular weight is 281 g/mol. The Hall–Kier alpha value is -1.75. The second-order valence-electron chi connectivity index (χ2n) is 4.26. The first-order valence-corrected chi connectivity index (χ1v) is 6.97. The fraction of sp³-hybridized carbons (Fsp3) is 0.533. The maximum absolute atomic E-state index is 10.9. The maximum atomic E-state index is 10.9. The summed E-state index contributed by atoms with van der Waals surface area (Å²) in [6, 6.07) is 5.89. The van der Waals surface area contributed by atoms with Gasteiger partial charge in [0, 0.05) is 6.54 Å². The SMILES string of the molecule is CCOc1ccc(CCCNC(=O)CO)cc1OCC. The summed E-state index contributed by atoms with van der Waals surface area (Å²) in [5.74, 6) is 1.17. The minimum Gasteiger partial charge on any atom is -0.490 e. The van der Waals surface area contributed by atoms with E-state index in [-0.39, 0.29) is 5.91 Å². The van der Waals surface area contributed by atoms with Gasteiger partial charge in [-0.15, -0.1) is 0 Å². The van der Waals surface area contributed by atoms with Crippen LogP contribution in [0.3, 0.4) is 0 Å². The van der Waals surface area contributed by atoms with E-state index in [0.29, 0.717) is 19.8 Å². The third-order valence-corrected chi connectivity index (χ3v) is 2.72. The number of aryl methyl sites for hydroxylation is 1. The summed E-state index contributed by atoms with van der Waals surface area (Å²) in [7, 11) is 0. The van der Waals surface area contributed by atoms with Gasteiger partial charge in [0.05, 0.1) is 13.2 Å². The molecular weight excluding hydrogens is 258 g/mol. The molecule has 20 heavy (non-hydrogen) atoms. The molecular formula is C15H23NO4. The van der Waals surface area contributed by atoms with Gasteiger partial charge in [0.15, 0.2) is 11.5 Å². The topological polar surface area (TPSA) is 67.8 Å². The van der Waals surface area contributed by atoms with E-state index >= 15 is 0 Å². The van der Waals surface area contributed by atoms with Crippen molar-refractivity contribution in [2.45, 2.75) is 26.7 Å². The monoisotopic (exact) mass is 281 g/mol. The molecule has 0 aliphatic heterocycles. The van der Waals surface area contributed by atoms with Gasteiger partial charge in [-0.1, -0.05) is 6.07 Å². The molecule has 0 aliphatic rings. The van der Waals surface area contributed by atoms with Gasteiger partial charge in [-0.25, -0.2) is 0 Å². The second-order valence-corrected chi connectivity index (χ2v) is 4.26. The van der Waals surface area contributed by atoms with Crippen LogP contribution in [0.2, 0.25) is 0 Å². The summed E-state index contributed by atoms with van der Waals surface area (Å²) in [4.78, 5) is 10.9. The van der Waals surface area contributed by atoms with Crippen molar-refractivity contribution in [3.63, 3.8) is 0 Å². The number of hydrogen-bond donors (Lipinski definition) is 2. The first kappa shape index (κ1) is 16.3. The van der Waals surface area contributed by atoms with Crippen LogP contribution in [-0.2, 0) is 11.2 Å². The average Bonchev–Trinajstić information content (AvgIpc) is 2.46. The van der Waals surface area contributed by atoms with Crippen molar-refractivity contribution in [1.82, 2.24) is 5.32 Å². The number of ether oxygens (including phenoxy) is 2. The molecule has 0 radical (unpaired) electrons. The molecule has 112 valence electrons. The Morgan fingerprint density at radius 2 is 1.90 bits per heavy atom. The number of rotatable bonds is 9. The highest BCUT2D eigenvalue weighted by molar-refractivity contribution is 5.76. The van der Waals surface area contributed by atoms with Crippen LogP contribution in [-0.4, -0.2) is 37.4 Å². The molecule has 5 nitrogen and oxygen atoms in total. The highest BCUT2D eigenvalue weighted by Gasteiger charge is 2.06. The zero-order valence-electron chi connectivity index (χ0n) is 12.1. The first-order valence-electron chi connectivity index (χ1n) is 6.97. The number of carbonyl (C=O) groups excluding carboxylic acids is 1. The fourth-order valence-electron chi connectivity index (χ4n) is 1.83. The van der Waals surface area contributed by atoms with Crippen molar-refractivity contribution in [1.29, 1.82) is 0 Å². The summed E-state index contributed by atoms with van der Waals surface area (Å²) in [6.07, 6.45) is 1.64. The molecule has 0 fully saturated rings. The molecule has 0 spiro atoms. The van der Waals surface area contributed by atoms with E-state index in [4.69, 9.17) is 14.6 Å². The Balaban J connectivity index is 2.53. The van der Waals surface area contributed by atoms with Crippen molar-refractivity contribution >= 4 is 5.91 Å². The summed E-state index contributed by atoms with van der Waals surface area (Å²) < 4.78 is 11.1. The number of carbonyl (C=O) groups is 1. The molecule has 0 unspecified atom stereocenters. The van der Waals surface area contributed by atoms with Crippen LogP contribution in [0.15, 0.2) is 18.2 Å². The van der Waals surface area contributed by atoms with Crippen molar-refractivity contribution in [2.24, 2.45) is 0 Å². The fourth-order valence-corrected chi connectivity index (χ4v) is 1.83. The van der Waals surface area contributed by atoms with Crippen LogP contribution in [0.4, 0.5) is 0 Å². The molecule has 0 aromatic heterocycles. The molecule has 0 heterocycles. The molecule has 2 N–H and O–H groups in total. The number of nitrogens with one attached hydrogen (secondary N) is 1. The van der Waals surface area contributed by atoms with Gasteiger partial charge in [0.2, 0.25) is 5.91 Å². The maximum Gasteiger partial charge on any atom is 0.245 e. The molecule has 0 saturated heterocycles. The van der Waals surface area contributed by atoms with E-state index in [1.807, 2.05) is 32.0 Å². The molecule has 5 heteroatoms. The minimum absolute atomic E-state index is 0.341. The molecule has 1 aromatic carbocycles. The van der Waals surface area contributed by atoms with E-state index in [1.165, 1.54) is 0 Å². The van der Waals surface area contributed by atoms with Gasteiger partial charge in [0.1, 0.15) is 6.61 Å². The van der Waals surface area contributed by atoms with Crippen LogP contribution < -0.4 is 14.8 Å². The molecule has 1 amide bonds. The third kappa shape index (κ3) is 5.48. The Morgan fingerprint density at radius 3 is 2.55 bits per heavy atom. The van der Waals surface area contributed by atoms with Crippen molar-refractivity contribution in [2.75, 3.05) is 26.4 Å². The summed E-state index contributed by atoms with van der Waals surface area (Å²) in [5, 5.41) is 11.2. The van der Waals surface area contributed by atoms with Crippen molar-refractivity contribution in [3.05, 3.63) is 23.8 Å². The van der Waals surface area contributed by atoms with E-state index in [9.17, 15) is 4.79 Å². The standard InChI is InChI=1S/C15H23NO4/c1-3-19-13-8-7-12(10-14(13)20-4-2)6-5-9-16-15(18)11-17/h7-8,10,17H,3-6,9,11H2,1-2H3,(H,16,18). The predicted octanol–water partition coefficient (Wildman–Crippen LogP) is 1.53. The lowest BCUT2D eigenvalue weighted by atomic mass is 10.1. The normalized spacial score (nSPS) is 10.2. The first-order chi connectivity index (χ1) is 9.71. The van der Waals surface area contributed by atoms with Crippen molar-refractivity contribution in [3.8, 4) is 11.5 Å². The van der Waals surface area contributed by atoms with Crippen LogP contribution in [0.1, 0.15) is 25.8 Å². The molecule has 1 rings (SSSR count). The number of hydrogen-bond acceptors (Lipinski definition) is 4. The van der Waals surface area contributed by atoms with Gasteiger partial charge in [-0.3, -0.25) is 4.79 Å². The second kappa shape index (κ2) is 9.20. The van der Waals surface area contributed by atoms with E-state index in [0.717, 1.165) is 29.9 Å². The van der Waals surface area contributed by atoms with Gasteiger partial charge in [-0.05, 0) is 44.4 Å². The summed E-state index contributed by atoms with van der Waals surface area (Å²) >= 11 is 0. The molecule has 1 aromatic rings. The lowest BCUT2D eigenvalue weighted by Gasteiger charge is -2.12. The van der Waals surface area contributed by atoms with Gasteiger partial charge < -0.3 is 19.9 Å². The van der Waals surface area contributed by atoms with Gasteiger partial charge >= 0.3 is 0 Å². The number of aliphatic hydroxyl groups is 1. The van der Waals surface area contributed by atoms with Crippen LogP contribution in [0, 0.1) is 0 Å². The van der Waals surface area contributed by atoms with Crippen LogP contribution in [0.25, 0.3) is 0 Å². The van der Waals surface area contributed by atoms with Crippen molar-refractivity contribution < 1.29 is 19.4 Å². The molecule has 0 saturated carbocycles. The molecule has 0 atom stereocenters. The van der Waals surface area contributed by atoms with Crippen LogP contribution in [0.5, 0.6) is 11.5 Å². The number of aliphatic hydroxyl groups excluding tert-OH is 1. The predicted molar refractivity (Wildman–Crippen MR) is 77.2 cm³/mol. The smallest absolute Gasteiger partial charge is 0.245 e. The highest BCUT2D eigenvalue weighted by Crippen LogP contribution is 2.28. The summed E-state index contributed by atoms with van der Waals surface area (Å²) in [6.45, 7) is 5.16. The zero-order chi connectivity index (χ0) is 14.8. The Morgan fingerprint density at radius 1 is 1.20 bits per heavy atom. The zero-order valence-corrected chi connectivity index (χ0v) is 12.1. The Bertz CT molecular complexity index is 420. The lowest BCUT2D eigenvalue weighted by Crippen LogP contribution is -2.27. The number of amides is 1. The van der Waals surface area contributed by atoms with E-state index < -0.39 is 6.61 Å². The van der Waals surface area contributed by atoms with Crippen LogP contribution >= 0.6 is 0 Å². The minimum atomic E-state index is -0.461. The molecule has 0 aliphatic carbocycles. The Kier molecular flexibility index (Phi) is 7.50. The summed E-state index contributed by atoms with van der Waals surface area (Å²) in [5.41, 5.74) is 1.13. The van der Waals surface area contributed by atoms with Gasteiger partial charge in [0.25, 0.3) is 0 Å². The van der Waals surface area contributed by atoms with E-state index in [1.54, 1.807) is 0 Å². The quantitative estimate of drug-likeness (QED) is 0.674. The van der Waals surface area contributed by atoms with Gasteiger partial charge in [-0.2, -0.15) is 0 Å². The third-order valence-electron chi connectivity index (χ3n) is 2.72. The lowest BCUT2D eigenvalue weighted by molar-refractivity contribution is -0.123. The van der Waals surface area contributed by atoms with E-state index in [2.05, 4.69) is 5.32 Å². The number of benzene rings is 1. The molecule has 0 bridgehead atoms. The largest absolute Gasteiger partial charge is 0.490 e. The Labute approximate surface area is 119 Å².